The molecule has 0 aromatic heterocycles. The molecular weight excluding hydrogens is 146 g/mol. The standard InChI is InChI=1S/C2H6OSi.2K/c1-4(2)3;;/h1-2H3;;/q-1;;+1. The van der Waals surface area contributed by atoms with Gasteiger partial charge >= 0.3 is 118 Å². The Morgan fingerprint density at radius 2 is 1.50 bits per heavy atom. The van der Waals surface area contributed by atoms with E-state index in [-0.39, 0.29) is 51.4 Å². The summed E-state index contributed by atoms with van der Waals surface area (Å²) in [7, 11) is 0. The maximum Gasteiger partial charge on any atom is 1.00 e. The molecule has 0 atom stereocenters. The maximum absolute atomic E-state index is 10.3. The Balaban J connectivity index is 0. The van der Waals surface area contributed by atoms with Gasteiger partial charge in [0.2, 0.25) is 0 Å². The van der Waals surface area contributed by atoms with E-state index in [4.69, 9.17) is 0 Å². The van der Waals surface area contributed by atoms with Crippen LogP contribution in [0.2, 0.25) is 13.1 Å². The summed E-state index contributed by atoms with van der Waals surface area (Å²) in [4.78, 5) is 10.3. The van der Waals surface area contributed by atoms with E-state index in [2.05, 4.69) is 0 Å². The molecule has 0 heterocycles. The van der Waals surface area contributed by atoms with Crippen LogP contribution in [0.1, 0.15) is 0 Å². The first-order valence-electron chi connectivity index (χ1n) is 1.70. The molecule has 0 aromatic carbocycles. The van der Waals surface area contributed by atoms with E-state index in [0.29, 0.717) is 47.7 Å². The van der Waals surface area contributed by atoms with Gasteiger partial charge in [-0.1, -0.05) is 0 Å². The van der Waals surface area contributed by atoms with Gasteiger partial charge in [0.05, 0.1) is 0 Å². The fraction of sp³-hybridized carbons (Fsp3) is 1.00. The molecule has 0 spiro atoms. The van der Waals surface area contributed by atoms with E-state index in [1.54, 1.807) is 0 Å². The molecule has 0 rings (SSSR count). The Labute approximate surface area is 114 Å². The molecule has 0 saturated heterocycles. The van der Waals surface area contributed by atoms with Crippen LogP contribution in [-0.2, 0) is 0 Å². The third-order valence-corrected chi connectivity index (χ3v) is 0. The number of hydrogen-bond donors (Lipinski definition) is 0. The zero-order chi connectivity index (χ0) is 4.50. The van der Waals surface area contributed by atoms with Crippen molar-refractivity contribution in [3.63, 3.8) is 0 Å². The van der Waals surface area contributed by atoms with Gasteiger partial charge in [-0.15, -0.1) is 0 Å². The van der Waals surface area contributed by atoms with Crippen molar-refractivity contribution in [2.45, 2.75) is 13.1 Å². The van der Waals surface area contributed by atoms with Gasteiger partial charge in [0.15, 0.2) is 0 Å². The van der Waals surface area contributed by atoms with Crippen LogP contribution in [-0.4, -0.2) is 48.7 Å². The van der Waals surface area contributed by atoms with Crippen LogP contribution < -0.4 is 56.2 Å². The maximum atomic E-state index is 10.3. The van der Waals surface area contributed by atoms with Crippen molar-refractivity contribution in [3.05, 3.63) is 0 Å². The summed E-state index contributed by atoms with van der Waals surface area (Å²) in [5, 5.41) is 0. The van der Waals surface area contributed by atoms with Crippen LogP contribution in [0.25, 0.3) is 0 Å². The van der Waals surface area contributed by atoms with E-state index in [1.807, 2.05) is 13.1 Å². The van der Waals surface area contributed by atoms with Gasteiger partial charge in [0.1, 0.15) is 0 Å². The molecule has 6 heavy (non-hydrogen) atoms. The summed E-state index contributed by atoms with van der Waals surface area (Å²) in [6.07, 6.45) is 0. The van der Waals surface area contributed by atoms with Crippen molar-refractivity contribution in [3.8, 4) is 0 Å². The minimum absolute atomic E-state index is 0. The second kappa shape index (κ2) is 5.25. The van der Waals surface area contributed by atoms with E-state index in [9.17, 15) is 4.80 Å². The fourth-order valence-corrected chi connectivity index (χ4v) is 0. The Hall–Kier alpha value is 3.45. The molecule has 0 amide bonds. The van der Waals surface area contributed by atoms with E-state index in [0.717, 1.165) is 0 Å². The van der Waals surface area contributed by atoms with Gasteiger partial charge in [0, 0.05) is 0 Å². The van der Waals surface area contributed by atoms with Crippen LogP contribution in [0, 0.1) is 0 Å². The third-order valence-electron chi connectivity index (χ3n) is 0. The second-order valence-electron chi connectivity index (χ2n) is 2.11. The Bertz CT molecular complexity index is 27.0. The minimum Gasteiger partial charge on any atom is 1.00 e. The van der Waals surface area contributed by atoms with Crippen LogP contribution in [0.4, 0.5) is 0 Å². The van der Waals surface area contributed by atoms with Gasteiger partial charge in [-0.2, -0.15) is 0 Å². The van der Waals surface area contributed by atoms with Crippen molar-refractivity contribution in [2.75, 3.05) is 0 Å². The Morgan fingerprint density at radius 1 is 1.50 bits per heavy atom. The molecule has 0 unspecified atom stereocenters. The molecule has 0 aromatic rings. The van der Waals surface area contributed by atoms with Crippen molar-refractivity contribution in [1.82, 2.24) is 0 Å². The molecule has 0 saturated carbocycles. The monoisotopic (exact) mass is 152 g/mol. The molecule has 26 valence electrons. The van der Waals surface area contributed by atoms with Gasteiger partial charge in [-0.05, 0) is 0 Å². The summed E-state index contributed by atoms with van der Waals surface area (Å²) in [5.74, 6) is 0. The molecule has 0 aliphatic heterocycles. The number of rotatable bonds is 0. The molecular formula is C2H6K2OSi. The summed E-state index contributed by atoms with van der Waals surface area (Å²) < 4.78 is -1.67. The predicted molar refractivity (Wildman–Crippen MR) is 23.2 cm³/mol. The van der Waals surface area contributed by atoms with Gasteiger partial charge in [-0.3, -0.25) is 0 Å². The molecule has 0 aliphatic rings. The first-order valence-corrected chi connectivity index (χ1v) is 9.80. The topological polar surface area (TPSA) is 23.1 Å². The van der Waals surface area contributed by atoms with Crippen LogP contribution in [0.3, 0.4) is 0 Å². The fourth-order valence-electron chi connectivity index (χ4n) is 0. The SMILES string of the molecule is C[Si](C)([O-])[K].[K+]. The average Bonchev–Trinajstić information content (AvgIpc) is 0.722. The van der Waals surface area contributed by atoms with Crippen LogP contribution >= 0.6 is 0 Å². The normalized spacial score (nSPS) is 10.2. The molecule has 4 heteroatoms. The summed E-state index contributed by atoms with van der Waals surface area (Å²) in [6.45, 7) is 3.71. The van der Waals surface area contributed by atoms with E-state index < -0.39 is 0.998 Å². The number of hydrogen-bond acceptors (Lipinski definition) is 1. The van der Waals surface area contributed by atoms with E-state index >= 15 is 0 Å². The summed E-state index contributed by atoms with van der Waals surface area (Å²) in [6, 6.07) is 0. The summed E-state index contributed by atoms with van der Waals surface area (Å²) >= 11 is 0.583. The zero-order valence-corrected chi connectivity index (χ0v) is 12.2. The zero-order valence-electron chi connectivity index (χ0n) is 4.91. The third kappa shape index (κ3) is 26.0. The molecule has 0 radical (unpaired) electrons. The second-order valence-corrected chi connectivity index (χ2v) is 17.6. The predicted octanol–water partition coefficient (Wildman–Crippen LogP) is -3.78. The quantitative estimate of drug-likeness (QED) is 0.327. The molecule has 1 nitrogen and oxygen atoms in total. The van der Waals surface area contributed by atoms with Crippen LogP contribution in [0.5, 0.6) is 0 Å². The Kier molecular flexibility index (Phi) is 10.6. The summed E-state index contributed by atoms with van der Waals surface area (Å²) in [5.41, 5.74) is 0. The molecule has 0 N–H and O–H groups in total. The van der Waals surface area contributed by atoms with Gasteiger partial charge in [0.25, 0.3) is 0 Å². The van der Waals surface area contributed by atoms with Crippen molar-refractivity contribution in [2.24, 2.45) is 0 Å². The Morgan fingerprint density at radius 3 is 1.50 bits per heavy atom. The molecule has 0 bridgehead atoms. The molecule has 0 aliphatic carbocycles. The van der Waals surface area contributed by atoms with Gasteiger partial charge in [-0.25, -0.2) is 0 Å². The molecule has 0 fully saturated rings. The van der Waals surface area contributed by atoms with Gasteiger partial charge < -0.3 is 0 Å². The first-order chi connectivity index (χ1) is 2.00. The van der Waals surface area contributed by atoms with Crippen LogP contribution in [0.15, 0.2) is 0 Å². The van der Waals surface area contributed by atoms with Crippen molar-refractivity contribution >= 4 is 48.7 Å². The minimum atomic E-state index is -1.67. The first kappa shape index (κ1) is 12.2. The van der Waals surface area contributed by atoms with Crippen molar-refractivity contribution < 1.29 is 56.2 Å². The average molecular weight is 152 g/mol. The smallest absolute Gasteiger partial charge is 1.00 e. The van der Waals surface area contributed by atoms with E-state index in [1.165, 1.54) is 0 Å². The largest absolute Gasteiger partial charge is 1.00 e. The van der Waals surface area contributed by atoms with Crippen molar-refractivity contribution in [1.29, 1.82) is 0 Å².